The number of aliphatic hydroxyl groups is 1. The van der Waals surface area contributed by atoms with Gasteiger partial charge in [0.05, 0.1) is 45.9 Å². The van der Waals surface area contributed by atoms with E-state index in [0.717, 1.165) is 93.7 Å². The van der Waals surface area contributed by atoms with Gasteiger partial charge in [-0.05, 0) is 143 Å². The Labute approximate surface area is 402 Å². The lowest BCUT2D eigenvalue weighted by molar-refractivity contribution is -0.384. The van der Waals surface area contributed by atoms with Crippen molar-refractivity contribution >= 4 is 55.4 Å². The Morgan fingerprint density at radius 1 is 1.00 bits per heavy atom. The summed E-state index contributed by atoms with van der Waals surface area (Å²) < 4.78 is 42.9. The second-order valence-corrected chi connectivity index (χ2v) is 22.1. The number of nitrogens with zero attached hydrogens (tertiary/aromatic N) is 5. The summed E-state index contributed by atoms with van der Waals surface area (Å²) in [6.45, 7) is 5.57. The van der Waals surface area contributed by atoms with E-state index in [1.54, 1.807) is 12.3 Å². The van der Waals surface area contributed by atoms with Crippen molar-refractivity contribution in [2.75, 3.05) is 54.5 Å². The van der Waals surface area contributed by atoms with Crippen molar-refractivity contribution in [1.82, 2.24) is 19.6 Å². The van der Waals surface area contributed by atoms with Crippen LogP contribution < -0.4 is 24.6 Å². The van der Waals surface area contributed by atoms with Crippen LogP contribution in [0.2, 0.25) is 0 Å². The molecule has 3 aromatic carbocycles. The summed E-state index contributed by atoms with van der Waals surface area (Å²) >= 11 is 0. The number of anilines is 4. The van der Waals surface area contributed by atoms with Crippen molar-refractivity contribution in [2.24, 2.45) is 11.3 Å². The van der Waals surface area contributed by atoms with Gasteiger partial charge in [0.2, 0.25) is 5.88 Å². The quantitative estimate of drug-likeness (QED) is 0.0569. The van der Waals surface area contributed by atoms with Crippen LogP contribution in [0.1, 0.15) is 98.7 Å². The Morgan fingerprint density at radius 3 is 2.58 bits per heavy atom. The maximum absolute atomic E-state index is 14.6. The highest BCUT2D eigenvalue weighted by Gasteiger charge is 2.50. The number of nitro benzene ring substituents is 1. The number of nitro groups is 1. The van der Waals surface area contributed by atoms with E-state index in [9.17, 15) is 28.4 Å². The Morgan fingerprint density at radius 2 is 1.80 bits per heavy atom. The van der Waals surface area contributed by atoms with Gasteiger partial charge in [-0.1, -0.05) is 24.1 Å². The minimum atomic E-state index is -4.62. The molecule has 4 aliphatic heterocycles. The lowest BCUT2D eigenvalue weighted by Gasteiger charge is -2.56. The lowest BCUT2D eigenvalue weighted by Crippen LogP contribution is -2.55. The number of hydrogen-bond acceptors (Lipinski definition) is 13. The number of carbonyl (C=O) groups is 1. The number of nitrogens with one attached hydrogen (secondary N) is 3. The minimum absolute atomic E-state index is 0.0936. The smallest absolute Gasteiger partial charge is 0.293 e. The molecule has 69 heavy (non-hydrogen) atoms. The molecule has 3 atom stereocenters. The second kappa shape index (κ2) is 17.6. The Kier molecular flexibility index (Phi) is 11.6. The summed E-state index contributed by atoms with van der Waals surface area (Å²) in [5.41, 5.74) is 4.25. The lowest BCUT2D eigenvalue weighted by atomic mass is 9.59. The minimum Gasteiger partial charge on any atom is -0.468 e. The molecule has 6 aliphatic rings. The number of hydrogen-bond donors (Lipinski definition) is 4. The first-order valence-electron chi connectivity index (χ1n) is 24.3. The highest BCUT2D eigenvalue weighted by molar-refractivity contribution is 7.90. The van der Waals surface area contributed by atoms with Crippen LogP contribution in [0.3, 0.4) is 0 Å². The summed E-state index contributed by atoms with van der Waals surface area (Å²) in [7, 11) is -4.62. The zero-order valence-corrected chi connectivity index (χ0v) is 39.5. The fourth-order valence-electron chi connectivity index (χ4n) is 12.1. The summed E-state index contributed by atoms with van der Waals surface area (Å²) in [4.78, 5) is 40.9. The standard InChI is InChI=1S/C52H58N8O8S/c1-3-34-7-4-5-8-39(34)42-9-6-22-58(42)37-28-52(29-37)19-23-57(24-20-52)36-10-12-40(43(26-36)59-45-25-35-16-21-53-48(35)55-50(45)68-47-32-67-31-46(47)59)49(61)56-69(65,66)38-11-13-41(44(27-38)60(63)64)54-30-33-14-17-51(2,62)18-15-33/h1,4-5,7-8,10-13,16,21,25-27,33,37,42,46-47,54,62H,6,9,14-15,17-20,22-24,28-32H2,2H3,(H,53,55)(H,56,61)/t33?,42-,46-,47-,51?/m0/s1. The molecule has 0 radical (unpaired) electrons. The first-order chi connectivity index (χ1) is 33.3. The number of terminal acetylenes is 1. The Balaban J connectivity index is 0.859. The molecular weight excluding hydrogens is 897 g/mol. The number of pyridine rings is 1. The molecule has 2 saturated carbocycles. The summed E-state index contributed by atoms with van der Waals surface area (Å²) in [6, 6.07) is 21.8. The monoisotopic (exact) mass is 954 g/mol. The number of piperidine rings is 1. The average molecular weight is 955 g/mol. The van der Waals surface area contributed by atoms with Gasteiger partial charge in [-0.2, -0.15) is 4.98 Å². The number of carbonyl (C=O) groups excluding carboxylic acids is 1. The van der Waals surface area contributed by atoms with Gasteiger partial charge in [-0.3, -0.25) is 19.8 Å². The number of rotatable bonds is 11. The Hall–Kier alpha value is -6.19. The number of benzene rings is 3. The normalized spacial score (nSPS) is 25.6. The van der Waals surface area contributed by atoms with Gasteiger partial charge in [0.15, 0.2) is 0 Å². The maximum atomic E-state index is 14.6. The van der Waals surface area contributed by atoms with Crippen molar-refractivity contribution in [1.29, 1.82) is 0 Å². The molecule has 5 aromatic rings. The van der Waals surface area contributed by atoms with Crippen LogP contribution in [0.5, 0.6) is 5.88 Å². The number of aromatic amines is 1. The fourth-order valence-corrected chi connectivity index (χ4v) is 13.1. The highest BCUT2D eigenvalue weighted by Crippen LogP contribution is 2.54. The topological polar surface area (TPSA) is 196 Å². The van der Waals surface area contributed by atoms with Crippen LogP contribution in [0.25, 0.3) is 11.0 Å². The number of ether oxygens (including phenoxy) is 2. The van der Waals surface area contributed by atoms with E-state index in [0.29, 0.717) is 67.6 Å². The number of H-pyrrole nitrogens is 1. The first kappa shape index (κ1) is 45.3. The van der Waals surface area contributed by atoms with E-state index in [4.69, 9.17) is 20.9 Å². The van der Waals surface area contributed by atoms with E-state index in [-0.39, 0.29) is 28.6 Å². The molecule has 1 spiro atoms. The van der Waals surface area contributed by atoms with Crippen molar-refractivity contribution in [3.05, 3.63) is 106 Å². The van der Waals surface area contributed by atoms with Gasteiger partial charge >= 0.3 is 0 Å². The number of amides is 1. The number of fused-ring (bicyclic) bond motifs is 3. The molecule has 2 aromatic heterocycles. The summed E-state index contributed by atoms with van der Waals surface area (Å²) in [5.74, 6) is 2.58. The molecule has 17 heteroatoms. The van der Waals surface area contributed by atoms with Crippen LogP contribution >= 0.6 is 0 Å². The SMILES string of the molecule is C#Cc1ccccc1[C@@H]1CCCN1C1CC2(CCN(c3ccc(C(=O)NS(=O)(=O)c4ccc(NCC5CCC(C)(O)CC5)c([N+](=O)[O-])c4)c(N4c5cc6cc[nH]c6nc5O[C@H]5COC[C@@H]54)c3)CC2)C1. The molecule has 4 N–H and O–H groups in total. The van der Waals surface area contributed by atoms with Gasteiger partial charge < -0.3 is 34.7 Å². The average Bonchev–Trinajstić information content (AvgIpc) is 4.13. The van der Waals surface area contributed by atoms with Crippen LogP contribution in [-0.4, -0.2) is 102 Å². The molecule has 1 amide bonds. The summed E-state index contributed by atoms with van der Waals surface area (Å²) in [6.07, 6.45) is 16.7. The molecular formula is C52H58N8O8S. The molecule has 0 unspecified atom stereocenters. The molecule has 2 aliphatic carbocycles. The Bertz CT molecular complexity index is 2960. The predicted octanol–water partition coefficient (Wildman–Crippen LogP) is 7.81. The van der Waals surface area contributed by atoms with Gasteiger partial charge in [-0.15, -0.1) is 6.42 Å². The van der Waals surface area contributed by atoms with E-state index >= 15 is 0 Å². The number of sulfonamides is 1. The second-order valence-electron chi connectivity index (χ2n) is 20.4. The van der Waals surface area contributed by atoms with Gasteiger partial charge in [0, 0.05) is 60.6 Å². The van der Waals surface area contributed by atoms with Crippen LogP contribution in [0, 0.1) is 33.8 Å². The largest absolute Gasteiger partial charge is 0.468 e. The molecule has 6 heterocycles. The highest BCUT2D eigenvalue weighted by atomic mass is 32.2. The number of aromatic nitrogens is 2. The predicted molar refractivity (Wildman–Crippen MR) is 262 cm³/mol. The third-order valence-corrected chi connectivity index (χ3v) is 17.4. The van der Waals surface area contributed by atoms with Crippen LogP contribution in [-0.2, 0) is 14.8 Å². The third-order valence-electron chi connectivity index (χ3n) is 16.1. The molecule has 0 bridgehead atoms. The van der Waals surface area contributed by atoms with Crippen LogP contribution in [0.4, 0.5) is 28.4 Å². The van der Waals surface area contributed by atoms with Crippen molar-refractivity contribution < 1.29 is 32.7 Å². The van der Waals surface area contributed by atoms with E-state index < -0.39 is 43.1 Å². The van der Waals surface area contributed by atoms with Crippen molar-refractivity contribution in [3.8, 4) is 18.2 Å². The molecule has 3 saturated heterocycles. The maximum Gasteiger partial charge on any atom is 0.293 e. The third kappa shape index (κ3) is 8.55. The fraction of sp³-hybridized carbons (Fsp3) is 0.462. The molecule has 11 rings (SSSR count). The van der Waals surface area contributed by atoms with E-state index in [1.165, 1.54) is 17.7 Å². The first-order valence-corrected chi connectivity index (χ1v) is 25.8. The van der Waals surface area contributed by atoms with E-state index in [2.05, 4.69) is 42.9 Å². The van der Waals surface area contributed by atoms with Crippen LogP contribution in [0.15, 0.2) is 83.9 Å². The zero-order chi connectivity index (χ0) is 47.7. The van der Waals surface area contributed by atoms with Crippen molar-refractivity contribution in [3.63, 3.8) is 0 Å². The van der Waals surface area contributed by atoms with E-state index in [1.807, 2.05) is 48.2 Å². The van der Waals surface area contributed by atoms with Gasteiger partial charge in [0.1, 0.15) is 23.1 Å². The molecule has 5 fully saturated rings. The van der Waals surface area contributed by atoms with Crippen molar-refractivity contribution in [2.45, 2.75) is 106 Å². The van der Waals surface area contributed by atoms with Gasteiger partial charge in [-0.25, -0.2) is 13.1 Å². The molecule has 360 valence electrons. The van der Waals surface area contributed by atoms with Gasteiger partial charge in [0.25, 0.3) is 21.6 Å². The number of likely N-dealkylation sites (tertiary alicyclic amines) is 1. The zero-order valence-electron chi connectivity index (χ0n) is 38.7. The molecule has 16 nitrogen and oxygen atoms in total. The summed E-state index contributed by atoms with van der Waals surface area (Å²) in [5, 5.41) is 26.7.